The molecule has 0 saturated carbocycles. The molecule has 128 valence electrons. The van der Waals surface area contributed by atoms with Gasteiger partial charge in [-0.15, -0.1) is 0 Å². The van der Waals surface area contributed by atoms with Crippen LogP contribution in [0.4, 0.5) is 0 Å². The van der Waals surface area contributed by atoms with E-state index in [1.807, 2.05) is 0 Å². The first-order valence-electron chi connectivity index (χ1n) is 7.67. The van der Waals surface area contributed by atoms with E-state index in [0.717, 1.165) is 25.9 Å². The number of ether oxygens (including phenoxy) is 1. The third kappa shape index (κ3) is 3.84. The van der Waals surface area contributed by atoms with Crippen molar-refractivity contribution in [3.8, 4) is 11.4 Å². The molecule has 3 N–H and O–H groups in total. The summed E-state index contributed by atoms with van der Waals surface area (Å²) in [4.78, 5) is 12.3. The molecule has 0 atom stereocenters. The van der Waals surface area contributed by atoms with Crippen molar-refractivity contribution in [2.45, 2.75) is 23.8 Å². The van der Waals surface area contributed by atoms with Gasteiger partial charge in [0, 0.05) is 18.0 Å². The van der Waals surface area contributed by atoms with Crippen LogP contribution in [0.2, 0.25) is 0 Å². The zero-order valence-electron chi connectivity index (χ0n) is 13.0. The number of hydrogen-bond donors (Lipinski definition) is 2. The zero-order valence-corrected chi connectivity index (χ0v) is 13.8. The topological polar surface area (TPSA) is 103 Å². The highest BCUT2D eigenvalue weighted by Gasteiger charge is 2.15. The average molecular weight is 349 g/mol. The van der Waals surface area contributed by atoms with Gasteiger partial charge in [0.2, 0.25) is 10.0 Å². The molecule has 1 saturated heterocycles. The van der Waals surface area contributed by atoms with Crippen molar-refractivity contribution in [3.05, 3.63) is 52.9 Å². The van der Waals surface area contributed by atoms with E-state index in [2.05, 4.69) is 5.32 Å². The minimum Gasteiger partial charge on any atom is -0.490 e. The van der Waals surface area contributed by atoms with Crippen LogP contribution in [0.3, 0.4) is 0 Å². The van der Waals surface area contributed by atoms with Gasteiger partial charge in [0.1, 0.15) is 11.9 Å². The Morgan fingerprint density at radius 3 is 2.38 bits per heavy atom. The molecular weight excluding hydrogens is 330 g/mol. The number of nitrogens with zero attached hydrogens (tertiary/aromatic N) is 1. The molecule has 0 spiro atoms. The minimum atomic E-state index is -3.75. The standard InChI is InChI=1S/C16H19N3O4S/c17-24(21,22)15-3-1-12(2-4-15)19-10-7-14(11-16(19)20)23-13-5-8-18-9-6-13/h1-4,7,10-11,13,18H,5-6,8-9H2,(H2,17,21,22). The van der Waals surface area contributed by atoms with E-state index < -0.39 is 10.0 Å². The van der Waals surface area contributed by atoms with Crippen molar-refractivity contribution >= 4 is 10.0 Å². The van der Waals surface area contributed by atoms with E-state index in [-0.39, 0.29) is 16.6 Å². The number of hydrogen-bond acceptors (Lipinski definition) is 5. The van der Waals surface area contributed by atoms with Crippen molar-refractivity contribution in [1.82, 2.24) is 9.88 Å². The lowest BCUT2D eigenvalue weighted by Gasteiger charge is -2.23. The van der Waals surface area contributed by atoms with Crippen molar-refractivity contribution in [3.63, 3.8) is 0 Å². The Hall–Kier alpha value is -2.16. The van der Waals surface area contributed by atoms with Gasteiger partial charge in [-0.1, -0.05) is 0 Å². The van der Waals surface area contributed by atoms with Gasteiger partial charge in [-0.2, -0.15) is 0 Å². The molecule has 0 radical (unpaired) electrons. The van der Waals surface area contributed by atoms with Crippen LogP contribution in [0, 0.1) is 0 Å². The van der Waals surface area contributed by atoms with E-state index in [0.29, 0.717) is 11.4 Å². The predicted octanol–water partition coefficient (Wildman–Crippen LogP) is 0.616. The van der Waals surface area contributed by atoms with Gasteiger partial charge in [0.15, 0.2) is 0 Å². The molecule has 1 aromatic heterocycles. The molecule has 3 rings (SSSR count). The molecule has 2 aromatic rings. The molecule has 1 fully saturated rings. The van der Waals surface area contributed by atoms with Crippen molar-refractivity contribution < 1.29 is 13.2 Å². The zero-order chi connectivity index (χ0) is 17.2. The second kappa shape index (κ2) is 6.76. The normalized spacial score (nSPS) is 16.0. The molecule has 0 bridgehead atoms. The van der Waals surface area contributed by atoms with Crippen LogP contribution in [0.1, 0.15) is 12.8 Å². The lowest BCUT2D eigenvalue weighted by atomic mass is 10.1. The van der Waals surface area contributed by atoms with Gasteiger partial charge >= 0.3 is 0 Å². The Bertz CT molecular complexity index is 869. The van der Waals surface area contributed by atoms with E-state index >= 15 is 0 Å². The van der Waals surface area contributed by atoms with Gasteiger partial charge in [-0.05, 0) is 56.3 Å². The van der Waals surface area contributed by atoms with Crippen LogP contribution < -0.4 is 20.8 Å². The highest BCUT2D eigenvalue weighted by Crippen LogP contribution is 2.16. The van der Waals surface area contributed by atoms with Gasteiger partial charge < -0.3 is 10.1 Å². The number of nitrogens with two attached hydrogens (primary N) is 1. The van der Waals surface area contributed by atoms with Crippen LogP contribution in [0.15, 0.2) is 52.3 Å². The molecule has 0 unspecified atom stereocenters. The summed E-state index contributed by atoms with van der Waals surface area (Å²) in [5, 5.41) is 8.33. The van der Waals surface area contributed by atoms with Gasteiger partial charge in [0.05, 0.1) is 4.90 Å². The monoisotopic (exact) mass is 349 g/mol. The van der Waals surface area contributed by atoms with Crippen LogP contribution in [-0.4, -0.2) is 32.2 Å². The fraction of sp³-hybridized carbons (Fsp3) is 0.312. The van der Waals surface area contributed by atoms with Gasteiger partial charge in [-0.25, -0.2) is 13.6 Å². The first kappa shape index (κ1) is 16.7. The molecule has 0 amide bonds. The number of pyridine rings is 1. The third-order valence-electron chi connectivity index (χ3n) is 3.92. The average Bonchev–Trinajstić information content (AvgIpc) is 2.55. The van der Waals surface area contributed by atoms with Crippen molar-refractivity contribution in [2.24, 2.45) is 5.14 Å². The summed E-state index contributed by atoms with van der Waals surface area (Å²) in [6, 6.07) is 8.99. The molecule has 1 aromatic carbocycles. The highest BCUT2D eigenvalue weighted by molar-refractivity contribution is 7.89. The summed E-state index contributed by atoms with van der Waals surface area (Å²) >= 11 is 0. The molecule has 1 aliphatic rings. The number of nitrogens with one attached hydrogen (secondary N) is 1. The quantitative estimate of drug-likeness (QED) is 0.842. The number of benzene rings is 1. The van der Waals surface area contributed by atoms with Crippen molar-refractivity contribution in [1.29, 1.82) is 0 Å². The second-order valence-electron chi connectivity index (χ2n) is 5.68. The summed E-state index contributed by atoms with van der Waals surface area (Å²) in [7, 11) is -3.75. The predicted molar refractivity (Wildman–Crippen MR) is 89.9 cm³/mol. The van der Waals surface area contributed by atoms with E-state index in [1.165, 1.54) is 34.9 Å². The SMILES string of the molecule is NS(=O)(=O)c1ccc(-n2ccc(OC3CCNCC3)cc2=O)cc1. The van der Waals surface area contributed by atoms with Crippen LogP contribution >= 0.6 is 0 Å². The van der Waals surface area contributed by atoms with E-state index in [1.54, 1.807) is 12.3 Å². The highest BCUT2D eigenvalue weighted by atomic mass is 32.2. The number of rotatable bonds is 4. The molecule has 8 heteroatoms. The van der Waals surface area contributed by atoms with Gasteiger partial charge in [-0.3, -0.25) is 9.36 Å². The van der Waals surface area contributed by atoms with E-state index in [4.69, 9.17) is 9.88 Å². The maximum absolute atomic E-state index is 12.3. The molecular formula is C16H19N3O4S. The maximum Gasteiger partial charge on any atom is 0.258 e. The second-order valence-corrected chi connectivity index (χ2v) is 7.24. The van der Waals surface area contributed by atoms with Gasteiger partial charge in [0.25, 0.3) is 5.56 Å². The first-order valence-corrected chi connectivity index (χ1v) is 9.21. The molecule has 2 heterocycles. The van der Waals surface area contributed by atoms with Crippen LogP contribution in [0.25, 0.3) is 5.69 Å². The Morgan fingerprint density at radius 1 is 1.12 bits per heavy atom. The summed E-state index contributed by atoms with van der Waals surface area (Å²) in [5.74, 6) is 0.546. The Morgan fingerprint density at radius 2 is 1.79 bits per heavy atom. The Balaban J connectivity index is 1.80. The van der Waals surface area contributed by atoms with Crippen LogP contribution in [0.5, 0.6) is 5.75 Å². The fourth-order valence-electron chi connectivity index (χ4n) is 2.65. The lowest BCUT2D eigenvalue weighted by molar-refractivity contribution is 0.162. The summed E-state index contributed by atoms with van der Waals surface area (Å²) < 4.78 is 29.8. The molecule has 7 nitrogen and oxygen atoms in total. The first-order chi connectivity index (χ1) is 11.4. The summed E-state index contributed by atoms with van der Waals surface area (Å²) in [5.41, 5.74) is 0.311. The summed E-state index contributed by atoms with van der Waals surface area (Å²) in [6.45, 7) is 1.83. The largest absolute Gasteiger partial charge is 0.490 e. The smallest absolute Gasteiger partial charge is 0.258 e. The molecule has 1 aliphatic heterocycles. The molecule has 24 heavy (non-hydrogen) atoms. The third-order valence-corrected chi connectivity index (χ3v) is 4.85. The number of sulfonamides is 1. The Kier molecular flexibility index (Phi) is 4.70. The number of primary sulfonamides is 1. The van der Waals surface area contributed by atoms with E-state index in [9.17, 15) is 13.2 Å². The summed E-state index contributed by atoms with van der Waals surface area (Å²) in [6.07, 6.45) is 3.57. The number of aromatic nitrogens is 1. The lowest BCUT2D eigenvalue weighted by Crippen LogP contribution is -2.34. The molecule has 0 aliphatic carbocycles. The fourth-order valence-corrected chi connectivity index (χ4v) is 3.17. The number of piperidine rings is 1. The minimum absolute atomic E-state index is 0.00478. The van der Waals surface area contributed by atoms with Crippen LogP contribution in [-0.2, 0) is 10.0 Å². The van der Waals surface area contributed by atoms with Crippen molar-refractivity contribution in [2.75, 3.05) is 13.1 Å². The maximum atomic E-state index is 12.3. The Labute approximate surface area is 140 Å².